The van der Waals surface area contributed by atoms with Crippen LogP contribution in [0.3, 0.4) is 0 Å². The van der Waals surface area contributed by atoms with Gasteiger partial charge in [-0.15, -0.1) is 0 Å². The monoisotopic (exact) mass is 419 g/mol. The molecule has 0 saturated heterocycles. The summed E-state index contributed by atoms with van der Waals surface area (Å²) >= 11 is 0. The standard InChI is InChI=1S/C22H21N5O4/c28-19(6-3-11-27-21(30)15-4-1-2-5-16(15)22(27)31)23-9-10-24-20(29)14-7-8-17-18(12-14)26-13-25-17/h1-2,4-5,7-8,12-13H,3,6,9-11H2,(H,23,28)(H,24,29)(H,25,26). The second kappa shape index (κ2) is 8.78. The summed E-state index contributed by atoms with van der Waals surface area (Å²) in [5.74, 6) is -1.09. The molecule has 9 nitrogen and oxygen atoms in total. The van der Waals surface area contributed by atoms with Crippen LogP contribution in [0.15, 0.2) is 48.8 Å². The number of aromatic nitrogens is 2. The van der Waals surface area contributed by atoms with Crippen LogP contribution in [0.25, 0.3) is 11.0 Å². The molecular formula is C22H21N5O4. The Labute approximate surface area is 177 Å². The van der Waals surface area contributed by atoms with E-state index in [0.717, 1.165) is 11.0 Å². The van der Waals surface area contributed by atoms with Gasteiger partial charge in [-0.2, -0.15) is 0 Å². The predicted octanol–water partition coefficient (Wildman–Crippen LogP) is 1.49. The highest BCUT2D eigenvalue weighted by Gasteiger charge is 2.34. The van der Waals surface area contributed by atoms with Gasteiger partial charge in [-0.25, -0.2) is 4.98 Å². The molecule has 2 heterocycles. The molecule has 0 unspecified atom stereocenters. The van der Waals surface area contributed by atoms with Gasteiger partial charge < -0.3 is 15.6 Å². The number of carbonyl (C=O) groups is 4. The van der Waals surface area contributed by atoms with Crippen LogP contribution in [0.5, 0.6) is 0 Å². The third kappa shape index (κ3) is 4.30. The van der Waals surface area contributed by atoms with Gasteiger partial charge in [0, 0.05) is 31.6 Å². The minimum Gasteiger partial charge on any atom is -0.354 e. The summed E-state index contributed by atoms with van der Waals surface area (Å²) in [6.45, 7) is 0.750. The second-order valence-electron chi connectivity index (χ2n) is 7.15. The number of H-pyrrole nitrogens is 1. The first-order valence-electron chi connectivity index (χ1n) is 9.98. The van der Waals surface area contributed by atoms with E-state index < -0.39 is 0 Å². The van der Waals surface area contributed by atoms with Crippen LogP contribution in [0.2, 0.25) is 0 Å². The highest BCUT2D eigenvalue weighted by Crippen LogP contribution is 2.22. The molecule has 3 N–H and O–H groups in total. The number of nitrogens with one attached hydrogen (secondary N) is 3. The largest absolute Gasteiger partial charge is 0.354 e. The minimum absolute atomic E-state index is 0.178. The van der Waals surface area contributed by atoms with Crippen molar-refractivity contribution < 1.29 is 19.2 Å². The first-order chi connectivity index (χ1) is 15.0. The van der Waals surface area contributed by atoms with E-state index in [4.69, 9.17) is 0 Å². The third-order valence-electron chi connectivity index (χ3n) is 5.08. The number of imide groups is 1. The molecular weight excluding hydrogens is 398 g/mol. The molecule has 0 fully saturated rings. The molecule has 0 spiro atoms. The van der Waals surface area contributed by atoms with E-state index in [0.29, 0.717) is 23.1 Å². The molecule has 31 heavy (non-hydrogen) atoms. The molecule has 2 aromatic carbocycles. The lowest BCUT2D eigenvalue weighted by Gasteiger charge is -2.13. The first-order valence-corrected chi connectivity index (χ1v) is 9.98. The molecule has 0 aliphatic carbocycles. The van der Waals surface area contributed by atoms with Crippen LogP contribution in [-0.4, -0.2) is 58.1 Å². The number of amides is 4. The Morgan fingerprint density at radius 2 is 1.68 bits per heavy atom. The van der Waals surface area contributed by atoms with E-state index in [1.165, 1.54) is 4.90 Å². The maximum Gasteiger partial charge on any atom is 0.261 e. The van der Waals surface area contributed by atoms with Gasteiger partial charge in [0.25, 0.3) is 17.7 Å². The van der Waals surface area contributed by atoms with Crippen LogP contribution in [-0.2, 0) is 4.79 Å². The van der Waals surface area contributed by atoms with Crippen LogP contribution in [0.1, 0.15) is 43.9 Å². The quantitative estimate of drug-likeness (QED) is 0.377. The summed E-state index contributed by atoms with van der Waals surface area (Å²) in [5.41, 5.74) is 2.87. The third-order valence-corrected chi connectivity index (χ3v) is 5.08. The number of carbonyl (C=O) groups excluding carboxylic acids is 4. The van der Waals surface area contributed by atoms with E-state index in [1.54, 1.807) is 48.8 Å². The topological polar surface area (TPSA) is 124 Å². The number of imidazole rings is 1. The Morgan fingerprint density at radius 1 is 0.968 bits per heavy atom. The lowest BCUT2D eigenvalue weighted by atomic mass is 10.1. The Kier molecular flexibility index (Phi) is 5.74. The summed E-state index contributed by atoms with van der Waals surface area (Å²) in [6.07, 6.45) is 2.11. The van der Waals surface area contributed by atoms with Gasteiger partial charge in [-0.3, -0.25) is 24.1 Å². The summed E-state index contributed by atoms with van der Waals surface area (Å²) < 4.78 is 0. The van der Waals surface area contributed by atoms with Crippen molar-refractivity contribution in [2.75, 3.05) is 19.6 Å². The van der Waals surface area contributed by atoms with Crippen molar-refractivity contribution in [2.45, 2.75) is 12.8 Å². The van der Waals surface area contributed by atoms with Gasteiger partial charge in [-0.1, -0.05) is 12.1 Å². The lowest BCUT2D eigenvalue weighted by molar-refractivity contribution is -0.121. The van der Waals surface area contributed by atoms with Crippen LogP contribution in [0, 0.1) is 0 Å². The van der Waals surface area contributed by atoms with E-state index in [2.05, 4.69) is 20.6 Å². The number of fused-ring (bicyclic) bond motifs is 2. The van der Waals surface area contributed by atoms with E-state index in [9.17, 15) is 19.2 Å². The Morgan fingerprint density at radius 3 is 2.42 bits per heavy atom. The molecule has 9 heteroatoms. The van der Waals surface area contributed by atoms with Gasteiger partial charge in [0.05, 0.1) is 28.5 Å². The van der Waals surface area contributed by atoms with Gasteiger partial charge in [-0.05, 0) is 36.8 Å². The maximum atomic E-state index is 12.3. The molecule has 0 atom stereocenters. The minimum atomic E-state index is -0.322. The van der Waals surface area contributed by atoms with Crippen molar-refractivity contribution in [1.29, 1.82) is 0 Å². The zero-order chi connectivity index (χ0) is 21.8. The molecule has 1 aliphatic heterocycles. The summed E-state index contributed by atoms with van der Waals surface area (Å²) in [5, 5.41) is 5.47. The molecule has 0 saturated carbocycles. The second-order valence-corrected chi connectivity index (χ2v) is 7.15. The fourth-order valence-electron chi connectivity index (χ4n) is 3.49. The molecule has 4 amide bonds. The van der Waals surface area contributed by atoms with Gasteiger partial charge in [0.1, 0.15) is 0 Å². The summed E-state index contributed by atoms with van der Waals surface area (Å²) in [4.78, 5) is 57.0. The fourth-order valence-corrected chi connectivity index (χ4v) is 3.49. The zero-order valence-corrected chi connectivity index (χ0v) is 16.7. The molecule has 1 aliphatic rings. The van der Waals surface area contributed by atoms with E-state index >= 15 is 0 Å². The van der Waals surface area contributed by atoms with Crippen molar-refractivity contribution >= 4 is 34.7 Å². The van der Waals surface area contributed by atoms with Gasteiger partial charge in [0.15, 0.2) is 0 Å². The van der Waals surface area contributed by atoms with E-state index in [-0.39, 0.29) is 49.7 Å². The Hall–Kier alpha value is -4.01. The SMILES string of the molecule is O=C(CCCN1C(=O)c2ccccc2C1=O)NCCNC(=O)c1ccc2nc[nH]c2c1. The highest BCUT2D eigenvalue weighted by molar-refractivity contribution is 6.21. The van der Waals surface area contributed by atoms with Gasteiger partial charge in [0.2, 0.25) is 5.91 Å². The van der Waals surface area contributed by atoms with Crippen molar-refractivity contribution in [3.05, 3.63) is 65.5 Å². The van der Waals surface area contributed by atoms with Crippen LogP contribution >= 0.6 is 0 Å². The number of rotatable bonds is 8. The maximum absolute atomic E-state index is 12.3. The Bertz CT molecular complexity index is 1130. The number of hydrogen-bond acceptors (Lipinski definition) is 5. The molecule has 158 valence electrons. The molecule has 4 rings (SSSR count). The van der Waals surface area contributed by atoms with Crippen molar-refractivity contribution in [3.63, 3.8) is 0 Å². The van der Waals surface area contributed by atoms with E-state index in [1.807, 2.05) is 0 Å². The number of nitrogens with zero attached hydrogens (tertiary/aromatic N) is 2. The fraction of sp³-hybridized carbons (Fsp3) is 0.227. The lowest BCUT2D eigenvalue weighted by Crippen LogP contribution is -2.35. The zero-order valence-electron chi connectivity index (χ0n) is 16.7. The normalized spacial score (nSPS) is 12.8. The van der Waals surface area contributed by atoms with Crippen molar-refractivity contribution in [3.8, 4) is 0 Å². The average Bonchev–Trinajstić information content (AvgIpc) is 3.35. The average molecular weight is 419 g/mol. The molecule has 1 aromatic heterocycles. The van der Waals surface area contributed by atoms with Crippen molar-refractivity contribution in [2.24, 2.45) is 0 Å². The first kappa shape index (κ1) is 20.3. The summed E-state index contributed by atoms with van der Waals surface area (Å²) in [6, 6.07) is 11.9. The molecule has 0 bridgehead atoms. The Balaban J connectivity index is 1.15. The van der Waals surface area contributed by atoms with Crippen LogP contribution < -0.4 is 10.6 Å². The number of aromatic amines is 1. The molecule has 0 radical (unpaired) electrons. The molecule has 3 aromatic rings. The van der Waals surface area contributed by atoms with Crippen molar-refractivity contribution in [1.82, 2.24) is 25.5 Å². The summed E-state index contributed by atoms with van der Waals surface area (Å²) in [7, 11) is 0. The van der Waals surface area contributed by atoms with Gasteiger partial charge >= 0.3 is 0 Å². The smallest absolute Gasteiger partial charge is 0.261 e. The number of hydrogen-bond donors (Lipinski definition) is 3. The predicted molar refractivity (Wildman–Crippen MR) is 112 cm³/mol. The van der Waals surface area contributed by atoms with Crippen LogP contribution in [0.4, 0.5) is 0 Å². The highest BCUT2D eigenvalue weighted by atomic mass is 16.2. The number of benzene rings is 2.